The van der Waals surface area contributed by atoms with Crippen LogP contribution in [-0.4, -0.2) is 42.1 Å². The molecule has 3 aromatic rings. The van der Waals surface area contributed by atoms with Crippen LogP contribution in [0.3, 0.4) is 0 Å². The summed E-state index contributed by atoms with van der Waals surface area (Å²) in [5.41, 5.74) is 2.77. The van der Waals surface area contributed by atoms with Crippen LogP contribution in [0, 0.1) is 0 Å². The van der Waals surface area contributed by atoms with Crippen molar-refractivity contribution in [3.8, 4) is 0 Å². The third-order valence-corrected chi connectivity index (χ3v) is 7.87. The van der Waals surface area contributed by atoms with Crippen molar-refractivity contribution in [3.63, 3.8) is 0 Å². The van der Waals surface area contributed by atoms with Gasteiger partial charge in [0.1, 0.15) is 16.5 Å². The van der Waals surface area contributed by atoms with Crippen LogP contribution in [0.4, 0.5) is 5.82 Å². The number of aromatic nitrogens is 2. The quantitative estimate of drug-likeness (QED) is 0.623. The van der Waals surface area contributed by atoms with E-state index in [1.807, 2.05) is 11.3 Å². The molecule has 6 rings (SSSR count). The Kier molecular flexibility index (Phi) is 4.74. The molecule has 2 aliphatic heterocycles. The summed E-state index contributed by atoms with van der Waals surface area (Å²) in [5.74, 6) is 1.71. The fraction of sp³-hybridized carbons (Fsp3) is 0.500. The predicted octanol–water partition coefficient (Wildman–Crippen LogP) is 4.50. The van der Waals surface area contributed by atoms with Crippen LogP contribution in [0.15, 0.2) is 30.3 Å². The molecule has 0 radical (unpaired) electrons. The molecule has 0 amide bonds. The molecule has 0 N–H and O–H groups in total. The van der Waals surface area contributed by atoms with E-state index >= 15 is 0 Å². The molecule has 5 nitrogen and oxygen atoms in total. The summed E-state index contributed by atoms with van der Waals surface area (Å²) in [6.45, 7) is 3.27. The number of hydrogen-bond acceptors (Lipinski definition) is 6. The zero-order valence-corrected chi connectivity index (χ0v) is 18.0. The highest BCUT2D eigenvalue weighted by Gasteiger charge is 2.40. The topological polar surface area (TPSA) is 47.5 Å². The lowest BCUT2D eigenvalue weighted by Crippen LogP contribution is -2.45. The Balaban J connectivity index is 1.40. The molecule has 0 saturated carbocycles. The highest BCUT2D eigenvalue weighted by molar-refractivity contribution is 7.19. The molecule has 1 aromatic carbocycles. The summed E-state index contributed by atoms with van der Waals surface area (Å²) in [5, 5.41) is 1.32. The minimum Gasteiger partial charge on any atom is -0.356 e. The van der Waals surface area contributed by atoms with Gasteiger partial charge < -0.3 is 14.4 Å². The largest absolute Gasteiger partial charge is 0.356 e. The standard InChI is InChI=1S/C24H27N3O2S/c1-2-6-17(7-3-1)16-20-25-22(27-12-10-24(11-13-27)28-14-15-29-24)21-18-8-4-5-9-19(18)30-23(21)26-20/h1-3,6-7H,4-5,8-16H2. The molecule has 1 spiro atoms. The number of fused-ring (bicyclic) bond motifs is 3. The summed E-state index contributed by atoms with van der Waals surface area (Å²) in [6.07, 6.45) is 7.49. The maximum atomic E-state index is 5.95. The Hall–Kier alpha value is -2.02. The van der Waals surface area contributed by atoms with Gasteiger partial charge in [0.15, 0.2) is 5.79 Å². The van der Waals surface area contributed by atoms with Gasteiger partial charge in [-0.25, -0.2) is 9.97 Å². The SMILES string of the molecule is c1ccc(Cc2nc(N3CCC4(CC3)OCCO4)c3c4c(sc3n2)CCCC4)cc1. The molecule has 4 heterocycles. The maximum absolute atomic E-state index is 5.95. The average Bonchev–Trinajstić information content (AvgIpc) is 3.39. The second-order valence-electron chi connectivity index (χ2n) is 8.61. The molecule has 2 aromatic heterocycles. The van der Waals surface area contributed by atoms with Crippen molar-refractivity contribution in [3.05, 3.63) is 52.2 Å². The van der Waals surface area contributed by atoms with E-state index in [1.165, 1.54) is 45.5 Å². The number of benzene rings is 1. The van der Waals surface area contributed by atoms with Crippen molar-refractivity contribution in [2.75, 3.05) is 31.2 Å². The Morgan fingerprint density at radius 1 is 0.967 bits per heavy atom. The van der Waals surface area contributed by atoms with E-state index in [0.717, 1.165) is 63.6 Å². The summed E-state index contributed by atoms with van der Waals surface area (Å²) >= 11 is 1.89. The van der Waals surface area contributed by atoms with Gasteiger partial charge in [-0.05, 0) is 36.8 Å². The Bertz CT molecular complexity index is 1050. The van der Waals surface area contributed by atoms with Gasteiger partial charge in [0, 0.05) is 37.2 Å². The van der Waals surface area contributed by atoms with Crippen molar-refractivity contribution < 1.29 is 9.47 Å². The Labute approximate surface area is 181 Å². The van der Waals surface area contributed by atoms with Crippen molar-refractivity contribution >= 4 is 27.4 Å². The number of piperidine rings is 1. The normalized spacial score (nSPS) is 20.7. The molecular formula is C24H27N3O2S. The highest BCUT2D eigenvalue weighted by Crippen LogP contribution is 2.41. The van der Waals surface area contributed by atoms with Gasteiger partial charge in [-0.15, -0.1) is 11.3 Å². The minimum atomic E-state index is -0.358. The first-order valence-corrected chi connectivity index (χ1v) is 12.0. The van der Waals surface area contributed by atoms with Crippen LogP contribution < -0.4 is 4.90 Å². The van der Waals surface area contributed by atoms with Gasteiger partial charge in [0.05, 0.1) is 18.6 Å². The summed E-state index contributed by atoms with van der Waals surface area (Å²) in [6, 6.07) is 10.6. The molecule has 6 heteroatoms. The summed E-state index contributed by atoms with van der Waals surface area (Å²) in [4.78, 5) is 15.3. The van der Waals surface area contributed by atoms with Gasteiger partial charge in [0.2, 0.25) is 0 Å². The zero-order valence-electron chi connectivity index (χ0n) is 17.2. The van der Waals surface area contributed by atoms with Crippen LogP contribution in [0.25, 0.3) is 10.2 Å². The molecule has 0 atom stereocenters. The van der Waals surface area contributed by atoms with Crippen LogP contribution in [-0.2, 0) is 28.7 Å². The van der Waals surface area contributed by atoms with Crippen LogP contribution >= 0.6 is 11.3 Å². The molecule has 30 heavy (non-hydrogen) atoms. The second kappa shape index (κ2) is 7.59. The van der Waals surface area contributed by atoms with Gasteiger partial charge in [-0.3, -0.25) is 0 Å². The molecule has 0 unspecified atom stereocenters. The van der Waals surface area contributed by atoms with Crippen molar-refractivity contribution in [2.45, 2.75) is 50.7 Å². The third-order valence-electron chi connectivity index (χ3n) is 6.69. The first kappa shape index (κ1) is 18.7. The van der Waals surface area contributed by atoms with Crippen molar-refractivity contribution in [2.24, 2.45) is 0 Å². The highest BCUT2D eigenvalue weighted by atomic mass is 32.1. The third kappa shape index (κ3) is 3.31. The lowest BCUT2D eigenvalue weighted by Gasteiger charge is -2.38. The molecular weight excluding hydrogens is 394 g/mol. The van der Waals surface area contributed by atoms with E-state index in [4.69, 9.17) is 19.4 Å². The number of aryl methyl sites for hydroxylation is 2. The Morgan fingerprint density at radius 2 is 1.73 bits per heavy atom. The molecule has 3 aliphatic rings. The fourth-order valence-electron chi connectivity index (χ4n) is 5.11. The monoisotopic (exact) mass is 421 g/mol. The number of thiophene rings is 1. The van der Waals surface area contributed by atoms with Crippen LogP contribution in [0.5, 0.6) is 0 Å². The molecule has 1 aliphatic carbocycles. The lowest BCUT2D eigenvalue weighted by atomic mass is 9.96. The van der Waals surface area contributed by atoms with Crippen molar-refractivity contribution in [1.29, 1.82) is 0 Å². The summed E-state index contributed by atoms with van der Waals surface area (Å²) < 4.78 is 11.9. The molecule has 0 bridgehead atoms. The van der Waals surface area contributed by atoms with E-state index in [1.54, 1.807) is 0 Å². The number of anilines is 1. The summed E-state index contributed by atoms with van der Waals surface area (Å²) in [7, 11) is 0. The maximum Gasteiger partial charge on any atom is 0.171 e. The van der Waals surface area contributed by atoms with Gasteiger partial charge >= 0.3 is 0 Å². The molecule has 2 saturated heterocycles. The van der Waals surface area contributed by atoms with Gasteiger partial charge in [-0.2, -0.15) is 0 Å². The zero-order chi connectivity index (χ0) is 20.0. The van der Waals surface area contributed by atoms with Gasteiger partial charge in [-0.1, -0.05) is 30.3 Å². The van der Waals surface area contributed by atoms with Crippen LogP contribution in [0.1, 0.15) is 47.5 Å². The van der Waals surface area contributed by atoms with E-state index in [9.17, 15) is 0 Å². The van der Waals surface area contributed by atoms with E-state index < -0.39 is 0 Å². The van der Waals surface area contributed by atoms with E-state index in [2.05, 4.69) is 35.2 Å². The number of rotatable bonds is 3. The number of ether oxygens (including phenoxy) is 2. The van der Waals surface area contributed by atoms with E-state index in [0.29, 0.717) is 0 Å². The fourth-order valence-corrected chi connectivity index (χ4v) is 6.39. The molecule has 2 fully saturated rings. The smallest absolute Gasteiger partial charge is 0.171 e. The predicted molar refractivity (Wildman–Crippen MR) is 119 cm³/mol. The number of nitrogens with zero attached hydrogens (tertiary/aromatic N) is 3. The minimum absolute atomic E-state index is 0.358. The second-order valence-corrected chi connectivity index (χ2v) is 9.70. The first-order valence-electron chi connectivity index (χ1n) is 11.2. The van der Waals surface area contributed by atoms with Crippen molar-refractivity contribution in [1.82, 2.24) is 9.97 Å². The number of hydrogen-bond donors (Lipinski definition) is 0. The van der Waals surface area contributed by atoms with Crippen LogP contribution in [0.2, 0.25) is 0 Å². The lowest BCUT2D eigenvalue weighted by molar-refractivity contribution is -0.169. The van der Waals surface area contributed by atoms with Gasteiger partial charge in [0.25, 0.3) is 0 Å². The average molecular weight is 422 g/mol. The Morgan fingerprint density at radius 3 is 2.53 bits per heavy atom. The molecule has 156 valence electrons. The first-order chi connectivity index (χ1) is 14.8. The van der Waals surface area contributed by atoms with E-state index in [-0.39, 0.29) is 5.79 Å².